The van der Waals surface area contributed by atoms with Crippen molar-refractivity contribution in [2.45, 2.75) is 17.9 Å². The van der Waals surface area contributed by atoms with Crippen molar-refractivity contribution in [2.24, 2.45) is 5.14 Å². The average molecular weight is 288 g/mol. The molecule has 19 heavy (non-hydrogen) atoms. The zero-order valence-corrected chi connectivity index (χ0v) is 11.4. The molecule has 0 saturated carbocycles. The van der Waals surface area contributed by atoms with Crippen molar-refractivity contribution in [3.8, 4) is 0 Å². The molecule has 1 rings (SSSR count). The van der Waals surface area contributed by atoms with E-state index in [1.807, 2.05) is 0 Å². The number of nitrogens with one attached hydrogen (secondary N) is 1. The molecule has 0 heterocycles. The molecular weight excluding hydrogens is 272 g/mol. The van der Waals surface area contributed by atoms with E-state index in [-0.39, 0.29) is 22.2 Å². The highest BCUT2D eigenvalue weighted by atomic mass is 32.2. The molecule has 0 aliphatic rings. The minimum Gasteiger partial charge on any atom is -0.478 e. The predicted molar refractivity (Wildman–Crippen MR) is 69.7 cm³/mol. The normalized spacial score (nSPS) is 13.0. The summed E-state index contributed by atoms with van der Waals surface area (Å²) >= 11 is 0. The molecule has 0 fully saturated rings. The first kappa shape index (κ1) is 15.4. The number of primary sulfonamides is 1. The highest BCUT2D eigenvalue weighted by Crippen LogP contribution is 2.22. The van der Waals surface area contributed by atoms with Crippen molar-refractivity contribution in [3.63, 3.8) is 0 Å². The summed E-state index contributed by atoms with van der Waals surface area (Å²) in [6.45, 7) is 2.16. The van der Waals surface area contributed by atoms with E-state index >= 15 is 0 Å². The van der Waals surface area contributed by atoms with Gasteiger partial charge in [-0.05, 0) is 25.1 Å². The molecule has 0 spiro atoms. The summed E-state index contributed by atoms with van der Waals surface area (Å²) in [6.07, 6.45) is 0. The van der Waals surface area contributed by atoms with E-state index in [1.54, 1.807) is 6.92 Å². The summed E-state index contributed by atoms with van der Waals surface area (Å²) in [4.78, 5) is 10.6. The maximum absolute atomic E-state index is 11.5. The van der Waals surface area contributed by atoms with Crippen LogP contribution in [0.25, 0.3) is 0 Å². The predicted octanol–water partition coefficient (Wildman–Crippen LogP) is 0.479. The number of carboxylic acids is 1. The molecule has 0 radical (unpaired) electrons. The van der Waals surface area contributed by atoms with Crippen LogP contribution in [-0.4, -0.2) is 39.3 Å². The van der Waals surface area contributed by atoms with Crippen LogP contribution in [0.1, 0.15) is 17.3 Å². The Bertz CT molecular complexity index is 570. The van der Waals surface area contributed by atoms with E-state index in [0.29, 0.717) is 6.61 Å². The molecule has 0 aliphatic heterocycles. The molecule has 0 aromatic heterocycles. The lowest BCUT2D eigenvalue weighted by Crippen LogP contribution is -2.23. The van der Waals surface area contributed by atoms with Crippen LogP contribution in [0.4, 0.5) is 5.69 Å². The van der Waals surface area contributed by atoms with Gasteiger partial charge in [0, 0.05) is 13.2 Å². The summed E-state index contributed by atoms with van der Waals surface area (Å²) in [5.41, 5.74) is 0.103. The van der Waals surface area contributed by atoms with Gasteiger partial charge in [0.15, 0.2) is 0 Å². The van der Waals surface area contributed by atoms with Gasteiger partial charge in [-0.2, -0.15) is 0 Å². The Hall–Kier alpha value is -1.64. The SMILES string of the molecule is COC[C@H](C)Nc1ccc(C(=O)O)cc1S(N)(=O)=O. The number of hydrogen-bond acceptors (Lipinski definition) is 5. The summed E-state index contributed by atoms with van der Waals surface area (Å²) in [5, 5.41) is 16.8. The van der Waals surface area contributed by atoms with E-state index in [9.17, 15) is 13.2 Å². The zero-order chi connectivity index (χ0) is 14.6. The Kier molecular flexibility index (Phi) is 4.87. The third-order valence-corrected chi connectivity index (χ3v) is 3.30. The van der Waals surface area contributed by atoms with Crippen molar-refractivity contribution in [1.29, 1.82) is 0 Å². The molecule has 8 heteroatoms. The number of aromatic carboxylic acids is 1. The Morgan fingerprint density at radius 2 is 2.16 bits per heavy atom. The standard InChI is InChI=1S/C11H16N2O5S/c1-7(6-18-2)13-9-4-3-8(11(14)15)5-10(9)19(12,16)17/h3-5,7,13H,6H2,1-2H3,(H,14,15)(H2,12,16,17)/t7-/m0/s1. The van der Waals surface area contributed by atoms with Gasteiger partial charge >= 0.3 is 5.97 Å². The first-order valence-corrected chi connectivity index (χ1v) is 6.96. The van der Waals surface area contributed by atoms with Crippen molar-refractivity contribution < 1.29 is 23.1 Å². The first-order valence-electron chi connectivity index (χ1n) is 5.41. The third-order valence-electron chi connectivity index (χ3n) is 2.35. The Labute approximate surface area is 111 Å². The molecule has 0 amide bonds. The van der Waals surface area contributed by atoms with Crippen LogP contribution in [0.3, 0.4) is 0 Å². The molecule has 1 atom stereocenters. The lowest BCUT2D eigenvalue weighted by Gasteiger charge is -2.17. The minimum atomic E-state index is -4.02. The number of rotatable bonds is 6. The number of nitrogens with two attached hydrogens (primary N) is 1. The van der Waals surface area contributed by atoms with E-state index in [0.717, 1.165) is 6.07 Å². The molecule has 7 nitrogen and oxygen atoms in total. The topological polar surface area (TPSA) is 119 Å². The van der Waals surface area contributed by atoms with Crippen molar-refractivity contribution in [1.82, 2.24) is 0 Å². The molecule has 0 aliphatic carbocycles. The molecule has 0 saturated heterocycles. The monoisotopic (exact) mass is 288 g/mol. The number of ether oxygens (including phenoxy) is 1. The Morgan fingerprint density at radius 1 is 1.53 bits per heavy atom. The lowest BCUT2D eigenvalue weighted by atomic mass is 10.2. The number of sulfonamides is 1. The van der Waals surface area contributed by atoms with Crippen LogP contribution in [0.2, 0.25) is 0 Å². The first-order chi connectivity index (χ1) is 8.75. The molecule has 106 valence electrons. The van der Waals surface area contributed by atoms with Crippen molar-refractivity contribution >= 4 is 21.7 Å². The second-order valence-corrected chi connectivity index (χ2v) is 5.59. The lowest BCUT2D eigenvalue weighted by molar-refractivity contribution is 0.0696. The highest BCUT2D eigenvalue weighted by molar-refractivity contribution is 7.89. The van der Waals surface area contributed by atoms with Gasteiger partial charge in [-0.1, -0.05) is 0 Å². The van der Waals surface area contributed by atoms with E-state index < -0.39 is 16.0 Å². The fraction of sp³-hybridized carbons (Fsp3) is 0.364. The van der Waals surface area contributed by atoms with Crippen molar-refractivity contribution in [3.05, 3.63) is 23.8 Å². The second-order valence-electron chi connectivity index (χ2n) is 4.06. The molecular formula is C11H16N2O5S. The van der Waals surface area contributed by atoms with Gasteiger partial charge in [0.25, 0.3) is 0 Å². The number of benzene rings is 1. The quantitative estimate of drug-likeness (QED) is 0.700. The van der Waals surface area contributed by atoms with Gasteiger partial charge in [0.2, 0.25) is 10.0 Å². The van der Waals surface area contributed by atoms with Crippen molar-refractivity contribution in [2.75, 3.05) is 19.0 Å². The van der Waals surface area contributed by atoms with Gasteiger partial charge in [0.05, 0.1) is 17.9 Å². The average Bonchev–Trinajstić information content (AvgIpc) is 2.27. The fourth-order valence-electron chi connectivity index (χ4n) is 1.57. The van der Waals surface area contributed by atoms with Gasteiger partial charge < -0.3 is 15.2 Å². The number of hydrogen-bond donors (Lipinski definition) is 3. The van der Waals surface area contributed by atoms with Crippen LogP contribution < -0.4 is 10.5 Å². The smallest absolute Gasteiger partial charge is 0.335 e. The number of carbonyl (C=O) groups is 1. The van der Waals surface area contributed by atoms with Crippen LogP contribution in [0.5, 0.6) is 0 Å². The number of methoxy groups -OCH3 is 1. The largest absolute Gasteiger partial charge is 0.478 e. The Balaban J connectivity index is 3.21. The van der Waals surface area contributed by atoms with Gasteiger partial charge in [0.1, 0.15) is 4.90 Å². The van der Waals surface area contributed by atoms with Gasteiger partial charge in [-0.25, -0.2) is 18.4 Å². The molecule has 0 unspecified atom stereocenters. The highest BCUT2D eigenvalue weighted by Gasteiger charge is 2.18. The Morgan fingerprint density at radius 3 is 2.63 bits per heavy atom. The van der Waals surface area contributed by atoms with E-state index in [1.165, 1.54) is 19.2 Å². The molecule has 0 bridgehead atoms. The summed E-state index contributed by atoms with van der Waals surface area (Å²) in [7, 11) is -2.50. The maximum Gasteiger partial charge on any atom is 0.335 e. The minimum absolute atomic E-state index is 0.144. The van der Waals surface area contributed by atoms with Gasteiger partial charge in [-0.3, -0.25) is 0 Å². The maximum atomic E-state index is 11.5. The molecule has 1 aromatic rings. The summed E-state index contributed by atoms with van der Waals surface area (Å²) < 4.78 is 27.9. The summed E-state index contributed by atoms with van der Waals surface area (Å²) in [6, 6.07) is 3.55. The number of anilines is 1. The van der Waals surface area contributed by atoms with E-state index in [2.05, 4.69) is 5.32 Å². The molecule has 1 aromatic carbocycles. The van der Waals surface area contributed by atoms with Crippen LogP contribution in [0, 0.1) is 0 Å². The molecule has 4 N–H and O–H groups in total. The van der Waals surface area contributed by atoms with Crippen LogP contribution in [0.15, 0.2) is 23.1 Å². The van der Waals surface area contributed by atoms with E-state index in [4.69, 9.17) is 15.0 Å². The van der Waals surface area contributed by atoms with Crippen LogP contribution in [-0.2, 0) is 14.8 Å². The second kappa shape index (κ2) is 6.00. The zero-order valence-electron chi connectivity index (χ0n) is 10.6. The van der Waals surface area contributed by atoms with Crippen LogP contribution >= 0.6 is 0 Å². The fourth-order valence-corrected chi connectivity index (χ4v) is 2.29. The number of carboxylic acid groups (broad SMARTS) is 1. The summed E-state index contributed by atoms with van der Waals surface area (Å²) in [5.74, 6) is -1.22. The third kappa shape index (κ3) is 4.19. The van der Waals surface area contributed by atoms with Gasteiger partial charge in [-0.15, -0.1) is 0 Å².